The van der Waals surface area contributed by atoms with Gasteiger partial charge < -0.3 is 15.2 Å². The summed E-state index contributed by atoms with van der Waals surface area (Å²) >= 11 is 0. The van der Waals surface area contributed by atoms with Gasteiger partial charge in [0.25, 0.3) is 0 Å². The summed E-state index contributed by atoms with van der Waals surface area (Å²) in [6, 6.07) is 6.13. The molecule has 0 aliphatic heterocycles. The molecule has 1 aliphatic carbocycles. The summed E-state index contributed by atoms with van der Waals surface area (Å²) in [4.78, 5) is 0. The highest BCUT2D eigenvalue weighted by molar-refractivity contribution is 5.44. The Balaban J connectivity index is 2.03. The van der Waals surface area contributed by atoms with E-state index in [4.69, 9.17) is 4.74 Å². The van der Waals surface area contributed by atoms with Crippen LogP contribution >= 0.6 is 0 Å². The highest BCUT2D eigenvalue weighted by Crippen LogP contribution is 2.36. The van der Waals surface area contributed by atoms with Gasteiger partial charge in [-0.2, -0.15) is 0 Å². The van der Waals surface area contributed by atoms with Gasteiger partial charge in [0.05, 0.1) is 6.10 Å². The number of methoxy groups -OCH3 is 1. The number of aromatic hydroxyl groups is 1. The van der Waals surface area contributed by atoms with E-state index in [1.165, 1.54) is 5.56 Å². The van der Waals surface area contributed by atoms with Gasteiger partial charge in [0.15, 0.2) is 0 Å². The normalized spacial score (nSPS) is 20.8. The average Bonchev–Trinajstić information content (AvgIpc) is 2.70. The molecular weight excluding hydrogens is 202 g/mol. The number of ether oxygens (including phenoxy) is 1. The van der Waals surface area contributed by atoms with E-state index < -0.39 is 0 Å². The smallest absolute Gasteiger partial charge is 0.119 e. The van der Waals surface area contributed by atoms with Gasteiger partial charge in [-0.05, 0) is 37.0 Å². The molecule has 0 radical (unpaired) electrons. The maximum absolute atomic E-state index is 9.72. The van der Waals surface area contributed by atoms with Crippen LogP contribution in [0.15, 0.2) is 18.2 Å². The van der Waals surface area contributed by atoms with Crippen molar-refractivity contribution in [1.29, 1.82) is 0 Å². The Kier molecular flexibility index (Phi) is 3.46. The summed E-state index contributed by atoms with van der Waals surface area (Å²) in [5.74, 6) is 0.432. The first-order chi connectivity index (χ1) is 7.72. The molecule has 3 heteroatoms. The predicted octanol–water partition coefficient (Wildman–Crippen LogP) is 2.00. The molecule has 1 aromatic rings. The first-order valence-corrected chi connectivity index (χ1v) is 5.79. The fourth-order valence-corrected chi connectivity index (χ4v) is 2.24. The monoisotopic (exact) mass is 221 g/mol. The SMILES string of the molecule is COC(C)CNC1CCc2c(O)cccc21. The lowest BCUT2D eigenvalue weighted by Gasteiger charge is -2.17. The molecule has 0 bridgehead atoms. The van der Waals surface area contributed by atoms with Crippen molar-refractivity contribution in [1.82, 2.24) is 5.32 Å². The number of phenolic OH excluding ortho intramolecular Hbond substituents is 1. The van der Waals surface area contributed by atoms with Crippen LogP contribution < -0.4 is 5.32 Å². The summed E-state index contributed by atoms with van der Waals surface area (Å²) in [5.41, 5.74) is 2.34. The minimum absolute atomic E-state index is 0.223. The number of rotatable bonds is 4. The Bertz CT molecular complexity index is 365. The van der Waals surface area contributed by atoms with Gasteiger partial charge in [-0.3, -0.25) is 0 Å². The standard InChI is InChI=1S/C13H19NO2/c1-9(16-2)8-14-12-7-6-11-10(12)4-3-5-13(11)15/h3-5,9,12,14-15H,6-8H2,1-2H3. The van der Waals surface area contributed by atoms with Crippen molar-refractivity contribution in [3.8, 4) is 5.75 Å². The van der Waals surface area contributed by atoms with Crippen LogP contribution in [-0.2, 0) is 11.2 Å². The van der Waals surface area contributed by atoms with Gasteiger partial charge in [0.1, 0.15) is 5.75 Å². The molecule has 2 atom stereocenters. The van der Waals surface area contributed by atoms with Gasteiger partial charge in [-0.1, -0.05) is 12.1 Å². The molecule has 0 aromatic heterocycles. The van der Waals surface area contributed by atoms with E-state index in [9.17, 15) is 5.11 Å². The average molecular weight is 221 g/mol. The van der Waals surface area contributed by atoms with Crippen molar-refractivity contribution < 1.29 is 9.84 Å². The first kappa shape index (κ1) is 11.4. The lowest BCUT2D eigenvalue weighted by atomic mass is 10.1. The zero-order valence-electron chi connectivity index (χ0n) is 9.86. The Morgan fingerprint density at radius 1 is 1.56 bits per heavy atom. The molecule has 0 heterocycles. The van der Waals surface area contributed by atoms with E-state index >= 15 is 0 Å². The lowest BCUT2D eigenvalue weighted by molar-refractivity contribution is 0.114. The third-order valence-corrected chi connectivity index (χ3v) is 3.30. The predicted molar refractivity (Wildman–Crippen MR) is 63.6 cm³/mol. The molecule has 3 nitrogen and oxygen atoms in total. The van der Waals surface area contributed by atoms with Crippen molar-refractivity contribution in [3.63, 3.8) is 0 Å². The van der Waals surface area contributed by atoms with Crippen LogP contribution in [0.4, 0.5) is 0 Å². The molecule has 0 amide bonds. The van der Waals surface area contributed by atoms with Crippen LogP contribution in [0.3, 0.4) is 0 Å². The maximum atomic E-state index is 9.72. The number of phenols is 1. The van der Waals surface area contributed by atoms with E-state index in [0.717, 1.165) is 24.9 Å². The second-order valence-corrected chi connectivity index (χ2v) is 4.39. The zero-order chi connectivity index (χ0) is 11.5. The van der Waals surface area contributed by atoms with Crippen molar-refractivity contribution in [3.05, 3.63) is 29.3 Å². The highest BCUT2D eigenvalue weighted by atomic mass is 16.5. The molecule has 88 valence electrons. The van der Waals surface area contributed by atoms with Gasteiger partial charge in [0.2, 0.25) is 0 Å². The van der Waals surface area contributed by atoms with Gasteiger partial charge in [-0.25, -0.2) is 0 Å². The topological polar surface area (TPSA) is 41.5 Å². The third-order valence-electron chi connectivity index (χ3n) is 3.30. The molecule has 0 saturated heterocycles. The molecule has 2 unspecified atom stereocenters. The lowest BCUT2D eigenvalue weighted by Crippen LogP contribution is -2.28. The molecule has 1 aromatic carbocycles. The molecule has 0 spiro atoms. The number of nitrogens with one attached hydrogen (secondary N) is 1. The summed E-state index contributed by atoms with van der Waals surface area (Å²) in [5, 5.41) is 13.2. The fraction of sp³-hybridized carbons (Fsp3) is 0.538. The zero-order valence-corrected chi connectivity index (χ0v) is 9.86. The summed E-state index contributed by atoms with van der Waals surface area (Å²) in [6.45, 7) is 2.89. The van der Waals surface area contributed by atoms with Crippen molar-refractivity contribution in [2.45, 2.75) is 31.9 Å². The Morgan fingerprint density at radius 3 is 3.12 bits per heavy atom. The van der Waals surface area contributed by atoms with Crippen LogP contribution in [0.1, 0.15) is 30.5 Å². The molecule has 2 N–H and O–H groups in total. The van der Waals surface area contributed by atoms with Crippen LogP contribution in [0.5, 0.6) is 5.75 Å². The third kappa shape index (κ3) is 2.20. The van der Waals surface area contributed by atoms with Gasteiger partial charge in [0, 0.05) is 19.7 Å². The fourth-order valence-electron chi connectivity index (χ4n) is 2.24. The van der Waals surface area contributed by atoms with E-state index in [1.54, 1.807) is 13.2 Å². The van der Waals surface area contributed by atoms with E-state index in [-0.39, 0.29) is 6.10 Å². The maximum Gasteiger partial charge on any atom is 0.119 e. The molecule has 0 fully saturated rings. The summed E-state index contributed by atoms with van der Waals surface area (Å²) < 4.78 is 5.21. The van der Waals surface area contributed by atoms with Crippen LogP contribution in [0.25, 0.3) is 0 Å². The minimum Gasteiger partial charge on any atom is -0.508 e. The van der Waals surface area contributed by atoms with Crippen molar-refractivity contribution in [2.24, 2.45) is 0 Å². The second kappa shape index (κ2) is 4.85. The Labute approximate surface area is 96.4 Å². The number of benzene rings is 1. The molecule has 16 heavy (non-hydrogen) atoms. The van der Waals surface area contributed by atoms with Crippen molar-refractivity contribution in [2.75, 3.05) is 13.7 Å². The van der Waals surface area contributed by atoms with Crippen LogP contribution in [0.2, 0.25) is 0 Å². The summed E-state index contributed by atoms with van der Waals surface area (Å²) in [6.07, 6.45) is 2.24. The number of hydrogen-bond acceptors (Lipinski definition) is 3. The van der Waals surface area contributed by atoms with Gasteiger partial charge in [-0.15, -0.1) is 0 Å². The molecular formula is C13H19NO2. The number of fused-ring (bicyclic) bond motifs is 1. The number of hydrogen-bond donors (Lipinski definition) is 2. The molecule has 0 saturated carbocycles. The highest BCUT2D eigenvalue weighted by Gasteiger charge is 2.24. The quantitative estimate of drug-likeness (QED) is 0.817. The minimum atomic E-state index is 0.223. The van der Waals surface area contributed by atoms with Gasteiger partial charge >= 0.3 is 0 Å². The summed E-state index contributed by atoms with van der Waals surface area (Å²) in [7, 11) is 1.72. The Morgan fingerprint density at radius 2 is 2.38 bits per heavy atom. The first-order valence-electron chi connectivity index (χ1n) is 5.79. The van der Waals surface area contributed by atoms with Crippen molar-refractivity contribution >= 4 is 0 Å². The van der Waals surface area contributed by atoms with Crippen LogP contribution in [0, 0.1) is 0 Å². The molecule has 1 aliphatic rings. The largest absolute Gasteiger partial charge is 0.508 e. The Hall–Kier alpha value is -1.06. The van der Waals surface area contributed by atoms with E-state index in [1.807, 2.05) is 13.0 Å². The van der Waals surface area contributed by atoms with Crippen LogP contribution in [-0.4, -0.2) is 24.9 Å². The second-order valence-electron chi connectivity index (χ2n) is 4.39. The van der Waals surface area contributed by atoms with E-state index in [0.29, 0.717) is 11.8 Å². The molecule has 2 rings (SSSR count). The van der Waals surface area contributed by atoms with E-state index in [2.05, 4.69) is 11.4 Å².